The van der Waals surface area contributed by atoms with Crippen LogP contribution in [-0.4, -0.2) is 5.91 Å². The van der Waals surface area contributed by atoms with Crippen molar-refractivity contribution in [3.8, 4) is 0 Å². The van der Waals surface area contributed by atoms with E-state index < -0.39 is 0 Å². The molecule has 0 aromatic heterocycles. The van der Waals surface area contributed by atoms with Crippen molar-refractivity contribution >= 4 is 23.2 Å². The standard InChI is InChI=1S/C15H18ClNO/c16-9-10-5-1-4-8-13(10)17-15(18)14-11-6-2-3-7-12(11)14/h1,4-5,8,11-12,14H,2-3,6-7,9H2,(H,17,18). The highest BCUT2D eigenvalue weighted by molar-refractivity contribution is 6.17. The molecular weight excluding hydrogens is 246 g/mol. The van der Waals surface area contributed by atoms with Crippen molar-refractivity contribution in [3.05, 3.63) is 29.8 Å². The second-order valence-corrected chi connectivity index (χ2v) is 5.69. The highest BCUT2D eigenvalue weighted by Gasteiger charge is 2.54. The van der Waals surface area contributed by atoms with E-state index in [4.69, 9.17) is 11.6 Å². The van der Waals surface area contributed by atoms with Crippen LogP contribution in [0.1, 0.15) is 31.2 Å². The first-order valence-electron chi connectivity index (χ1n) is 6.76. The van der Waals surface area contributed by atoms with Crippen LogP contribution in [-0.2, 0) is 10.7 Å². The molecule has 1 aromatic rings. The second-order valence-electron chi connectivity index (χ2n) is 5.42. The Labute approximate surface area is 113 Å². The summed E-state index contributed by atoms with van der Waals surface area (Å²) < 4.78 is 0. The minimum absolute atomic E-state index is 0.199. The molecule has 2 unspecified atom stereocenters. The summed E-state index contributed by atoms with van der Waals surface area (Å²) in [5, 5.41) is 3.06. The van der Waals surface area contributed by atoms with Gasteiger partial charge in [-0.05, 0) is 36.3 Å². The van der Waals surface area contributed by atoms with E-state index in [9.17, 15) is 4.79 Å². The smallest absolute Gasteiger partial charge is 0.228 e. The molecule has 2 saturated carbocycles. The van der Waals surface area contributed by atoms with Gasteiger partial charge in [-0.2, -0.15) is 0 Å². The minimum atomic E-state index is 0.199. The maximum absolute atomic E-state index is 12.3. The molecule has 3 rings (SSSR count). The third-order valence-corrected chi connectivity index (χ3v) is 4.67. The molecule has 2 fully saturated rings. The van der Waals surface area contributed by atoms with Crippen LogP contribution in [0.4, 0.5) is 5.69 Å². The number of nitrogens with one attached hydrogen (secondary N) is 1. The van der Waals surface area contributed by atoms with Crippen LogP contribution in [0, 0.1) is 17.8 Å². The van der Waals surface area contributed by atoms with Gasteiger partial charge in [0.05, 0.1) is 0 Å². The molecule has 0 spiro atoms. The zero-order valence-corrected chi connectivity index (χ0v) is 11.1. The van der Waals surface area contributed by atoms with Crippen molar-refractivity contribution < 1.29 is 4.79 Å². The summed E-state index contributed by atoms with van der Waals surface area (Å²) in [5.41, 5.74) is 1.87. The average molecular weight is 264 g/mol. The van der Waals surface area contributed by atoms with Crippen LogP contribution in [0.2, 0.25) is 0 Å². The Bertz CT molecular complexity index is 448. The van der Waals surface area contributed by atoms with Crippen molar-refractivity contribution in [1.29, 1.82) is 0 Å². The van der Waals surface area contributed by atoms with Crippen LogP contribution in [0.25, 0.3) is 0 Å². The fourth-order valence-corrected chi connectivity index (χ4v) is 3.59. The Morgan fingerprint density at radius 3 is 2.56 bits per heavy atom. The quantitative estimate of drug-likeness (QED) is 0.826. The zero-order chi connectivity index (χ0) is 12.5. The van der Waals surface area contributed by atoms with Crippen LogP contribution in [0.3, 0.4) is 0 Å². The number of amides is 1. The topological polar surface area (TPSA) is 29.1 Å². The Morgan fingerprint density at radius 1 is 1.22 bits per heavy atom. The van der Waals surface area contributed by atoms with E-state index in [0.717, 1.165) is 11.3 Å². The van der Waals surface area contributed by atoms with Crippen molar-refractivity contribution in [1.82, 2.24) is 0 Å². The highest BCUT2D eigenvalue weighted by Crippen LogP contribution is 2.55. The number of benzene rings is 1. The van der Waals surface area contributed by atoms with E-state index in [0.29, 0.717) is 17.7 Å². The first-order valence-corrected chi connectivity index (χ1v) is 7.29. The van der Waals surface area contributed by atoms with Crippen molar-refractivity contribution in [2.45, 2.75) is 31.6 Å². The van der Waals surface area contributed by atoms with Gasteiger partial charge in [-0.3, -0.25) is 4.79 Å². The number of para-hydroxylation sites is 1. The predicted molar refractivity (Wildman–Crippen MR) is 73.6 cm³/mol. The highest BCUT2D eigenvalue weighted by atomic mass is 35.5. The normalized spacial score (nSPS) is 29.5. The van der Waals surface area contributed by atoms with Crippen LogP contribution in [0.15, 0.2) is 24.3 Å². The largest absolute Gasteiger partial charge is 0.326 e. The summed E-state index contributed by atoms with van der Waals surface area (Å²) in [5.74, 6) is 2.21. The number of anilines is 1. The summed E-state index contributed by atoms with van der Waals surface area (Å²) in [7, 11) is 0. The molecule has 1 N–H and O–H groups in total. The van der Waals surface area contributed by atoms with Crippen molar-refractivity contribution in [2.75, 3.05) is 5.32 Å². The molecule has 2 atom stereocenters. The maximum atomic E-state index is 12.3. The molecular formula is C15H18ClNO. The number of halogens is 1. The minimum Gasteiger partial charge on any atom is -0.326 e. The molecule has 3 heteroatoms. The lowest BCUT2D eigenvalue weighted by atomic mass is 10.0. The zero-order valence-electron chi connectivity index (χ0n) is 10.4. The first kappa shape index (κ1) is 12.0. The van der Waals surface area contributed by atoms with E-state index in [2.05, 4.69) is 5.32 Å². The molecule has 96 valence electrons. The summed E-state index contributed by atoms with van der Waals surface area (Å²) in [4.78, 5) is 12.3. The number of alkyl halides is 1. The van der Waals surface area contributed by atoms with Gasteiger partial charge in [-0.25, -0.2) is 0 Å². The molecule has 2 aliphatic carbocycles. The van der Waals surface area contributed by atoms with Gasteiger partial charge in [-0.1, -0.05) is 31.0 Å². The van der Waals surface area contributed by atoms with Gasteiger partial charge in [0.25, 0.3) is 0 Å². The number of carbonyl (C=O) groups excluding carboxylic acids is 1. The van der Waals surface area contributed by atoms with E-state index >= 15 is 0 Å². The molecule has 2 aliphatic rings. The maximum Gasteiger partial charge on any atom is 0.228 e. The SMILES string of the molecule is O=C(Nc1ccccc1CCl)C1C2CCCCC21. The number of carbonyl (C=O) groups is 1. The number of fused-ring (bicyclic) bond motifs is 1. The molecule has 1 aromatic carbocycles. The fraction of sp³-hybridized carbons (Fsp3) is 0.533. The molecule has 0 bridgehead atoms. The Hall–Kier alpha value is -1.02. The Morgan fingerprint density at radius 2 is 1.89 bits per heavy atom. The Balaban J connectivity index is 1.68. The molecule has 0 radical (unpaired) electrons. The monoisotopic (exact) mass is 263 g/mol. The lowest BCUT2D eigenvalue weighted by Gasteiger charge is -2.08. The lowest BCUT2D eigenvalue weighted by molar-refractivity contribution is -0.117. The average Bonchev–Trinajstić information content (AvgIpc) is 3.13. The molecule has 0 aliphatic heterocycles. The molecule has 1 amide bonds. The fourth-order valence-electron chi connectivity index (χ4n) is 3.36. The molecule has 0 heterocycles. The van der Waals surface area contributed by atoms with E-state index in [1.54, 1.807) is 0 Å². The summed E-state index contributed by atoms with van der Waals surface area (Å²) in [6.45, 7) is 0. The van der Waals surface area contributed by atoms with Gasteiger partial charge in [0.15, 0.2) is 0 Å². The van der Waals surface area contributed by atoms with E-state index in [1.165, 1.54) is 25.7 Å². The third-order valence-electron chi connectivity index (χ3n) is 4.38. The first-order chi connectivity index (χ1) is 8.81. The molecule has 18 heavy (non-hydrogen) atoms. The summed E-state index contributed by atoms with van der Waals surface area (Å²) >= 11 is 5.88. The van der Waals surface area contributed by atoms with Gasteiger partial charge in [0.2, 0.25) is 5.91 Å². The van der Waals surface area contributed by atoms with Crippen LogP contribution >= 0.6 is 11.6 Å². The van der Waals surface area contributed by atoms with Gasteiger partial charge in [-0.15, -0.1) is 11.6 Å². The van der Waals surface area contributed by atoms with E-state index in [1.807, 2.05) is 24.3 Å². The summed E-state index contributed by atoms with van der Waals surface area (Å²) in [6.07, 6.45) is 5.06. The van der Waals surface area contributed by atoms with E-state index in [-0.39, 0.29) is 11.8 Å². The van der Waals surface area contributed by atoms with Gasteiger partial charge < -0.3 is 5.32 Å². The molecule has 2 nitrogen and oxygen atoms in total. The van der Waals surface area contributed by atoms with Gasteiger partial charge in [0, 0.05) is 17.5 Å². The summed E-state index contributed by atoms with van der Waals surface area (Å²) in [6, 6.07) is 7.78. The van der Waals surface area contributed by atoms with Crippen molar-refractivity contribution in [3.63, 3.8) is 0 Å². The number of hydrogen-bond donors (Lipinski definition) is 1. The van der Waals surface area contributed by atoms with Gasteiger partial charge >= 0.3 is 0 Å². The van der Waals surface area contributed by atoms with Crippen molar-refractivity contribution in [2.24, 2.45) is 17.8 Å². The third kappa shape index (κ3) is 2.14. The number of hydrogen-bond acceptors (Lipinski definition) is 1. The number of rotatable bonds is 3. The molecule has 0 saturated heterocycles. The van der Waals surface area contributed by atoms with Gasteiger partial charge in [0.1, 0.15) is 0 Å². The Kier molecular flexibility index (Phi) is 3.29. The lowest BCUT2D eigenvalue weighted by Crippen LogP contribution is -2.16. The predicted octanol–water partition coefficient (Wildman–Crippen LogP) is 3.80. The van der Waals surface area contributed by atoms with Crippen LogP contribution in [0.5, 0.6) is 0 Å². The second kappa shape index (κ2) is 4.93. The van der Waals surface area contributed by atoms with Crippen LogP contribution < -0.4 is 5.32 Å².